The Bertz CT molecular complexity index is 148. The van der Waals surface area contributed by atoms with Gasteiger partial charge in [-0.2, -0.15) is 0 Å². The third-order valence-corrected chi connectivity index (χ3v) is 2.35. The lowest BCUT2D eigenvalue weighted by atomic mass is 9.98. The molecule has 0 saturated carbocycles. The highest BCUT2D eigenvalue weighted by Crippen LogP contribution is 2.23. The van der Waals surface area contributed by atoms with Crippen molar-refractivity contribution in [1.82, 2.24) is 0 Å². The van der Waals surface area contributed by atoms with Gasteiger partial charge in [0.2, 0.25) is 0 Å². The quantitative estimate of drug-likeness (QED) is 0.563. The molecule has 2 aliphatic rings. The Balaban J connectivity index is 1.88. The summed E-state index contributed by atoms with van der Waals surface area (Å²) in [5.41, 5.74) is 0. The normalized spacial score (nSPS) is 37.8. The summed E-state index contributed by atoms with van der Waals surface area (Å²) in [7, 11) is 0. The maximum Gasteiger partial charge on any atom is 0.0670 e. The molecule has 2 nitrogen and oxygen atoms in total. The van der Waals surface area contributed by atoms with E-state index >= 15 is 0 Å². The summed E-state index contributed by atoms with van der Waals surface area (Å²) in [6, 6.07) is 0. The molecule has 1 fully saturated rings. The molecular weight excluding hydrogens is 140 g/mol. The molecular formula is C9H13O2. The predicted molar refractivity (Wildman–Crippen MR) is 41.1 cm³/mol. The summed E-state index contributed by atoms with van der Waals surface area (Å²) >= 11 is 0. The average molecular weight is 153 g/mol. The lowest BCUT2D eigenvalue weighted by Gasteiger charge is -2.23. The van der Waals surface area contributed by atoms with Gasteiger partial charge in [0.25, 0.3) is 0 Å². The molecule has 0 aliphatic carbocycles. The van der Waals surface area contributed by atoms with Gasteiger partial charge in [-0.3, -0.25) is 0 Å². The summed E-state index contributed by atoms with van der Waals surface area (Å²) in [6.45, 7) is 2.53. The molecule has 11 heavy (non-hydrogen) atoms. The number of rotatable bonds is 1. The lowest BCUT2D eigenvalue weighted by molar-refractivity contribution is 0.0176. The first-order valence-corrected chi connectivity index (χ1v) is 4.21. The molecule has 0 aromatic carbocycles. The maximum atomic E-state index is 5.56. The molecule has 0 N–H and O–H groups in total. The van der Waals surface area contributed by atoms with E-state index < -0.39 is 0 Å². The topological polar surface area (TPSA) is 18.5 Å². The zero-order valence-electron chi connectivity index (χ0n) is 6.58. The Hall–Kier alpha value is -0.340. The molecule has 0 spiro atoms. The number of hydrogen-bond acceptors (Lipinski definition) is 2. The van der Waals surface area contributed by atoms with Gasteiger partial charge in [-0.1, -0.05) is 6.08 Å². The van der Waals surface area contributed by atoms with Crippen molar-refractivity contribution in [2.45, 2.75) is 18.9 Å². The van der Waals surface area contributed by atoms with Crippen LogP contribution in [0.25, 0.3) is 0 Å². The number of hydrogen-bond donors (Lipinski definition) is 0. The summed E-state index contributed by atoms with van der Waals surface area (Å²) in [5, 5.41) is 0. The van der Waals surface area contributed by atoms with E-state index in [9.17, 15) is 0 Å². The smallest absolute Gasteiger partial charge is 0.0670 e. The second kappa shape index (κ2) is 3.37. The predicted octanol–water partition coefficient (Wildman–Crippen LogP) is 1.17. The molecule has 0 aromatic heterocycles. The van der Waals surface area contributed by atoms with E-state index in [4.69, 9.17) is 9.47 Å². The second-order valence-corrected chi connectivity index (χ2v) is 3.11. The van der Waals surface area contributed by atoms with Crippen LogP contribution in [0.1, 0.15) is 12.8 Å². The van der Waals surface area contributed by atoms with Crippen molar-refractivity contribution in [3.8, 4) is 0 Å². The van der Waals surface area contributed by atoms with Gasteiger partial charge in [0, 0.05) is 12.5 Å². The van der Waals surface area contributed by atoms with Gasteiger partial charge < -0.3 is 9.47 Å². The van der Waals surface area contributed by atoms with Crippen molar-refractivity contribution in [2.24, 2.45) is 5.92 Å². The van der Waals surface area contributed by atoms with Crippen LogP contribution < -0.4 is 0 Å². The molecule has 0 bridgehead atoms. The highest BCUT2D eigenvalue weighted by atomic mass is 16.5. The third kappa shape index (κ3) is 1.63. The van der Waals surface area contributed by atoms with Gasteiger partial charge in [-0.15, -0.1) is 0 Å². The van der Waals surface area contributed by atoms with Crippen molar-refractivity contribution in [2.75, 3.05) is 19.8 Å². The first-order valence-electron chi connectivity index (χ1n) is 4.21. The Morgan fingerprint density at radius 1 is 1.45 bits per heavy atom. The molecule has 2 heterocycles. The fourth-order valence-electron chi connectivity index (χ4n) is 1.64. The summed E-state index contributed by atoms with van der Waals surface area (Å²) in [5.74, 6) is 0.621. The standard InChI is InChI=1S/C9H13O2/c1-2-5-11-9(3-1)8-4-6-10-7-8/h2,8-9H,3-7H2. The van der Waals surface area contributed by atoms with Crippen molar-refractivity contribution in [3.05, 3.63) is 12.2 Å². The van der Waals surface area contributed by atoms with Crippen molar-refractivity contribution >= 4 is 0 Å². The van der Waals surface area contributed by atoms with Gasteiger partial charge in [-0.05, 0) is 18.9 Å². The zero-order valence-corrected chi connectivity index (χ0v) is 6.58. The highest BCUT2D eigenvalue weighted by molar-refractivity contribution is 4.86. The molecule has 2 unspecified atom stereocenters. The van der Waals surface area contributed by atoms with Crippen LogP contribution in [0, 0.1) is 12.0 Å². The van der Waals surface area contributed by atoms with Crippen molar-refractivity contribution < 1.29 is 9.47 Å². The van der Waals surface area contributed by atoms with Crippen molar-refractivity contribution in [3.63, 3.8) is 0 Å². The Morgan fingerprint density at radius 3 is 3.09 bits per heavy atom. The Kier molecular flexibility index (Phi) is 2.24. The van der Waals surface area contributed by atoms with E-state index in [1.807, 2.05) is 6.08 Å². The Morgan fingerprint density at radius 2 is 2.45 bits per heavy atom. The van der Waals surface area contributed by atoms with Crippen molar-refractivity contribution in [1.29, 1.82) is 0 Å². The van der Waals surface area contributed by atoms with Gasteiger partial charge in [0.05, 0.1) is 19.3 Å². The van der Waals surface area contributed by atoms with Gasteiger partial charge in [0.1, 0.15) is 0 Å². The first-order chi connectivity index (χ1) is 5.47. The maximum absolute atomic E-state index is 5.56. The molecule has 2 rings (SSSR count). The molecule has 61 valence electrons. The fourth-order valence-corrected chi connectivity index (χ4v) is 1.64. The van der Waals surface area contributed by atoms with E-state index in [0.717, 1.165) is 32.7 Å². The van der Waals surface area contributed by atoms with Gasteiger partial charge in [-0.25, -0.2) is 0 Å². The minimum absolute atomic E-state index is 0.377. The van der Waals surface area contributed by atoms with Crippen LogP contribution >= 0.6 is 0 Å². The van der Waals surface area contributed by atoms with Crippen LogP contribution in [0.2, 0.25) is 0 Å². The summed E-state index contributed by atoms with van der Waals surface area (Å²) in [4.78, 5) is 0. The van der Waals surface area contributed by atoms with Gasteiger partial charge in [0.15, 0.2) is 0 Å². The Labute approximate surface area is 67.2 Å². The molecule has 0 aromatic rings. The van der Waals surface area contributed by atoms with E-state index in [-0.39, 0.29) is 0 Å². The fraction of sp³-hybridized carbons (Fsp3) is 0.778. The average Bonchev–Trinajstić information content (AvgIpc) is 2.58. The van der Waals surface area contributed by atoms with E-state index in [2.05, 4.69) is 6.08 Å². The van der Waals surface area contributed by atoms with Crippen LogP contribution in [0.3, 0.4) is 0 Å². The largest absolute Gasteiger partial charge is 0.381 e. The molecule has 2 atom stereocenters. The van der Waals surface area contributed by atoms with Crippen LogP contribution in [0.4, 0.5) is 0 Å². The van der Waals surface area contributed by atoms with E-state index in [0.29, 0.717) is 12.0 Å². The second-order valence-electron chi connectivity index (χ2n) is 3.11. The van der Waals surface area contributed by atoms with E-state index in [1.165, 1.54) is 0 Å². The monoisotopic (exact) mass is 153 g/mol. The summed E-state index contributed by atoms with van der Waals surface area (Å²) < 4.78 is 10.9. The molecule has 2 heteroatoms. The van der Waals surface area contributed by atoms with Crippen LogP contribution in [-0.4, -0.2) is 25.9 Å². The highest BCUT2D eigenvalue weighted by Gasteiger charge is 2.26. The minimum Gasteiger partial charge on any atom is -0.381 e. The molecule has 1 saturated heterocycles. The SMILES string of the molecule is [C]1=CCOC(C2CCOC2)C1. The molecule has 1 radical (unpaired) electrons. The van der Waals surface area contributed by atoms with Crippen LogP contribution in [0.5, 0.6) is 0 Å². The summed E-state index contributed by atoms with van der Waals surface area (Å²) in [6.07, 6.45) is 7.66. The lowest BCUT2D eigenvalue weighted by Crippen LogP contribution is -2.26. The van der Waals surface area contributed by atoms with E-state index in [1.54, 1.807) is 0 Å². The number of ether oxygens (including phenoxy) is 2. The molecule has 0 amide bonds. The van der Waals surface area contributed by atoms with Gasteiger partial charge >= 0.3 is 0 Å². The molecule has 2 aliphatic heterocycles. The zero-order chi connectivity index (χ0) is 7.52. The third-order valence-electron chi connectivity index (χ3n) is 2.35. The van der Waals surface area contributed by atoms with Crippen LogP contribution in [0.15, 0.2) is 6.08 Å². The first kappa shape index (κ1) is 7.32. The van der Waals surface area contributed by atoms with Crippen LogP contribution in [-0.2, 0) is 9.47 Å². The minimum atomic E-state index is 0.377.